The lowest BCUT2D eigenvalue weighted by atomic mass is 9.91. The molecule has 5 nitrogen and oxygen atoms in total. The number of rotatable bonds is 11. The highest BCUT2D eigenvalue weighted by atomic mass is 33.1. The standard InChI is InChI=1S/C29H29FN2O3S3/c30-23-12-8-19(9-13-23)15-27(36)29(35)32-26-17-22-11-10-21(20-5-2-1-3-6-20)16-24(22)25(31-28(26)34)7-4-14-37-38-18-33/h1-3,5-6,8-13,16,18,25-27,36H,4,7,14-15,17H2,(H,31,34)(H,32,35)/t25?,26-,27-/m0/s1. The van der Waals surface area contributed by atoms with Gasteiger partial charge in [-0.15, -0.1) is 0 Å². The van der Waals surface area contributed by atoms with Crippen LogP contribution in [-0.2, 0) is 27.2 Å². The van der Waals surface area contributed by atoms with E-state index in [9.17, 15) is 18.8 Å². The topological polar surface area (TPSA) is 75.3 Å². The van der Waals surface area contributed by atoms with Crippen LogP contribution in [0.5, 0.6) is 0 Å². The van der Waals surface area contributed by atoms with E-state index < -0.39 is 11.3 Å². The zero-order chi connectivity index (χ0) is 26.9. The van der Waals surface area contributed by atoms with Gasteiger partial charge < -0.3 is 10.6 Å². The smallest absolute Gasteiger partial charge is 0.243 e. The van der Waals surface area contributed by atoms with Crippen molar-refractivity contribution in [3.63, 3.8) is 0 Å². The SMILES string of the molecule is O=CSSCCCC1NC(=O)[C@@H](NC(=O)[C@@H](S)Cc2ccc(F)cc2)Cc2ccc(-c3ccccc3)cc21. The highest BCUT2D eigenvalue weighted by molar-refractivity contribution is 8.81. The van der Waals surface area contributed by atoms with Crippen molar-refractivity contribution in [3.8, 4) is 11.1 Å². The number of carbonyl (C=O) groups excluding carboxylic acids is 3. The molecule has 38 heavy (non-hydrogen) atoms. The Balaban J connectivity index is 1.52. The predicted molar refractivity (Wildman–Crippen MR) is 157 cm³/mol. The molecule has 3 atom stereocenters. The van der Waals surface area contributed by atoms with Crippen molar-refractivity contribution in [3.05, 3.63) is 95.3 Å². The lowest BCUT2D eigenvalue weighted by Crippen LogP contribution is -2.49. The zero-order valence-electron chi connectivity index (χ0n) is 20.6. The van der Waals surface area contributed by atoms with Crippen molar-refractivity contribution in [1.29, 1.82) is 0 Å². The van der Waals surface area contributed by atoms with Crippen LogP contribution in [0.2, 0.25) is 0 Å². The summed E-state index contributed by atoms with van der Waals surface area (Å²) in [6, 6.07) is 21.3. The molecule has 0 saturated heterocycles. The second kappa shape index (κ2) is 13.9. The van der Waals surface area contributed by atoms with Gasteiger partial charge in [-0.25, -0.2) is 4.39 Å². The minimum absolute atomic E-state index is 0.212. The first-order valence-electron chi connectivity index (χ1n) is 12.4. The summed E-state index contributed by atoms with van der Waals surface area (Å²) in [5.41, 5.74) is 5.80. The third-order valence-electron chi connectivity index (χ3n) is 6.47. The van der Waals surface area contributed by atoms with Gasteiger partial charge in [0.25, 0.3) is 0 Å². The summed E-state index contributed by atoms with van der Waals surface area (Å²) < 4.78 is 13.2. The van der Waals surface area contributed by atoms with E-state index in [1.165, 1.54) is 33.7 Å². The maximum absolute atomic E-state index is 13.3. The molecule has 2 N–H and O–H groups in total. The van der Waals surface area contributed by atoms with Crippen molar-refractivity contribution in [1.82, 2.24) is 10.6 Å². The Labute approximate surface area is 235 Å². The van der Waals surface area contributed by atoms with Crippen molar-refractivity contribution >= 4 is 51.6 Å². The Bertz CT molecular complexity index is 1260. The van der Waals surface area contributed by atoms with Crippen LogP contribution in [-0.4, -0.2) is 34.5 Å². The summed E-state index contributed by atoms with van der Waals surface area (Å²) in [7, 11) is 2.66. The molecule has 2 amide bonds. The Hall–Kier alpha value is -2.75. The molecule has 1 aliphatic heterocycles. The number of carbonyl (C=O) groups is 3. The van der Waals surface area contributed by atoms with Crippen LogP contribution >= 0.6 is 34.2 Å². The molecule has 1 aliphatic rings. The summed E-state index contributed by atoms with van der Waals surface area (Å²) in [6.07, 6.45) is 2.22. The Kier molecular flexibility index (Phi) is 10.3. The number of nitrogens with one attached hydrogen (secondary N) is 2. The fourth-order valence-electron chi connectivity index (χ4n) is 4.55. The van der Waals surface area contributed by atoms with Crippen LogP contribution in [0.15, 0.2) is 72.8 Å². The third kappa shape index (κ3) is 7.65. The number of amides is 2. The Morgan fingerprint density at radius 1 is 1.11 bits per heavy atom. The summed E-state index contributed by atoms with van der Waals surface area (Å²) in [4.78, 5) is 36.9. The highest BCUT2D eigenvalue weighted by Gasteiger charge is 2.31. The fourth-order valence-corrected chi connectivity index (χ4v) is 6.08. The van der Waals surface area contributed by atoms with E-state index in [-0.39, 0.29) is 23.7 Å². The van der Waals surface area contributed by atoms with Crippen molar-refractivity contribution in [2.45, 2.75) is 43.0 Å². The van der Waals surface area contributed by atoms with E-state index in [0.717, 1.165) is 45.6 Å². The highest BCUT2D eigenvalue weighted by Crippen LogP contribution is 2.32. The lowest BCUT2D eigenvalue weighted by molar-refractivity contribution is -0.129. The predicted octanol–water partition coefficient (Wildman–Crippen LogP) is 5.58. The molecule has 3 aromatic rings. The van der Waals surface area contributed by atoms with E-state index in [4.69, 9.17) is 0 Å². The number of thiol groups is 1. The second-order valence-electron chi connectivity index (χ2n) is 9.11. The maximum atomic E-state index is 13.3. The molecular weight excluding hydrogens is 540 g/mol. The van der Waals surface area contributed by atoms with Gasteiger partial charge in [-0.05, 0) is 76.1 Å². The van der Waals surface area contributed by atoms with Crippen LogP contribution < -0.4 is 10.6 Å². The minimum atomic E-state index is -0.739. The van der Waals surface area contributed by atoms with Crippen LogP contribution in [0.3, 0.4) is 0 Å². The number of benzene rings is 3. The average molecular weight is 569 g/mol. The van der Waals surface area contributed by atoms with Gasteiger partial charge in [0.05, 0.1) is 11.3 Å². The second-order valence-corrected chi connectivity index (χ2v) is 12.0. The molecule has 9 heteroatoms. The van der Waals surface area contributed by atoms with Crippen molar-refractivity contribution in [2.75, 3.05) is 5.75 Å². The molecule has 3 aromatic carbocycles. The molecule has 0 bridgehead atoms. The summed E-state index contributed by atoms with van der Waals surface area (Å²) in [5.74, 6) is -0.137. The Morgan fingerprint density at radius 2 is 1.87 bits per heavy atom. The van der Waals surface area contributed by atoms with Gasteiger partial charge in [-0.1, -0.05) is 65.4 Å². The van der Waals surface area contributed by atoms with Crippen LogP contribution in [0.4, 0.5) is 4.39 Å². The largest absolute Gasteiger partial charge is 0.347 e. The molecule has 0 aliphatic carbocycles. The van der Waals surface area contributed by atoms with E-state index in [2.05, 4.69) is 41.5 Å². The van der Waals surface area contributed by atoms with Crippen molar-refractivity contribution < 1.29 is 18.8 Å². The zero-order valence-corrected chi connectivity index (χ0v) is 23.2. The van der Waals surface area contributed by atoms with Crippen LogP contribution in [0.25, 0.3) is 11.1 Å². The molecule has 1 unspecified atom stereocenters. The van der Waals surface area contributed by atoms with Crippen LogP contribution in [0, 0.1) is 5.82 Å². The first kappa shape index (κ1) is 28.3. The van der Waals surface area contributed by atoms with Gasteiger partial charge in [0.1, 0.15) is 11.9 Å². The molecule has 0 aromatic heterocycles. The number of hydrogen-bond donors (Lipinski definition) is 3. The van der Waals surface area contributed by atoms with E-state index in [1.807, 2.05) is 30.3 Å². The molecule has 198 valence electrons. The van der Waals surface area contributed by atoms with Gasteiger partial charge in [0.2, 0.25) is 11.8 Å². The minimum Gasteiger partial charge on any atom is -0.347 e. The normalized spacial score (nSPS) is 17.6. The molecule has 0 spiro atoms. The third-order valence-corrected chi connectivity index (χ3v) is 8.71. The lowest BCUT2D eigenvalue weighted by Gasteiger charge is -2.21. The average Bonchev–Trinajstić information content (AvgIpc) is 3.06. The molecule has 0 fully saturated rings. The number of fused-ring (bicyclic) bond motifs is 1. The molecule has 0 radical (unpaired) electrons. The summed E-state index contributed by atoms with van der Waals surface area (Å²) in [5, 5.41) is 5.35. The van der Waals surface area contributed by atoms with Gasteiger partial charge in [0.15, 0.2) is 5.62 Å². The summed E-state index contributed by atoms with van der Waals surface area (Å²) in [6.45, 7) is 0. The molecule has 0 saturated carbocycles. The van der Waals surface area contributed by atoms with E-state index in [0.29, 0.717) is 19.3 Å². The van der Waals surface area contributed by atoms with E-state index >= 15 is 0 Å². The van der Waals surface area contributed by atoms with E-state index in [1.54, 1.807) is 12.1 Å². The van der Waals surface area contributed by atoms with Gasteiger partial charge in [-0.3, -0.25) is 14.4 Å². The first-order valence-corrected chi connectivity index (χ1v) is 15.3. The van der Waals surface area contributed by atoms with Crippen molar-refractivity contribution in [2.24, 2.45) is 0 Å². The fraction of sp³-hybridized carbons (Fsp3) is 0.276. The summed E-state index contributed by atoms with van der Waals surface area (Å²) >= 11 is 4.45. The van der Waals surface area contributed by atoms with Gasteiger partial charge >= 0.3 is 0 Å². The maximum Gasteiger partial charge on any atom is 0.243 e. The Morgan fingerprint density at radius 3 is 2.61 bits per heavy atom. The number of hydrogen-bond acceptors (Lipinski definition) is 6. The van der Waals surface area contributed by atoms with Crippen LogP contribution in [0.1, 0.15) is 35.6 Å². The monoisotopic (exact) mass is 568 g/mol. The van der Waals surface area contributed by atoms with Gasteiger partial charge in [-0.2, -0.15) is 12.6 Å². The quantitative estimate of drug-likeness (QED) is 0.122. The first-order chi connectivity index (χ1) is 18.4. The molecule has 4 rings (SSSR count). The molecular formula is C29H29FN2O3S3. The molecule has 1 heterocycles. The number of halogens is 1. The van der Waals surface area contributed by atoms with Gasteiger partial charge in [0, 0.05) is 12.2 Å².